The van der Waals surface area contributed by atoms with Gasteiger partial charge in [0.05, 0.1) is 6.61 Å². The number of hydrogen-bond donors (Lipinski definition) is 0. The van der Waals surface area contributed by atoms with Crippen LogP contribution < -0.4 is 0 Å². The molecule has 3 aromatic carbocycles. The smallest absolute Gasteiger partial charge is 0.306 e. The third kappa shape index (κ3) is 4.23. The molecule has 2 nitrogen and oxygen atoms in total. The Labute approximate surface area is 143 Å². The summed E-state index contributed by atoms with van der Waals surface area (Å²) in [6, 6.07) is 24.7. The first-order valence-electron chi connectivity index (χ1n) is 8.40. The molecule has 1 atom stereocenters. The van der Waals surface area contributed by atoms with E-state index in [1.54, 1.807) is 0 Å². The molecule has 0 aliphatic carbocycles. The van der Waals surface area contributed by atoms with E-state index in [4.69, 9.17) is 4.74 Å². The third-order valence-electron chi connectivity index (χ3n) is 4.29. The van der Waals surface area contributed by atoms with Crippen molar-refractivity contribution in [3.63, 3.8) is 0 Å². The highest BCUT2D eigenvalue weighted by Gasteiger charge is 2.09. The zero-order valence-electron chi connectivity index (χ0n) is 13.9. The lowest BCUT2D eigenvalue weighted by Gasteiger charge is -2.12. The van der Waals surface area contributed by atoms with Crippen molar-refractivity contribution < 1.29 is 9.53 Å². The summed E-state index contributed by atoms with van der Waals surface area (Å²) in [4.78, 5) is 12.0. The van der Waals surface area contributed by atoms with Crippen LogP contribution in [0, 0.1) is 0 Å². The summed E-state index contributed by atoms with van der Waals surface area (Å²) < 4.78 is 5.43. The molecule has 0 heterocycles. The molecular weight excluding hydrogens is 296 g/mol. The van der Waals surface area contributed by atoms with E-state index in [-0.39, 0.29) is 11.9 Å². The molecule has 0 unspecified atom stereocenters. The van der Waals surface area contributed by atoms with Crippen LogP contribution in [0.15, 0.2) is 72.8 Å². The van der Waals surface area contributed by atoms with Crippen molar-refractivity contribution in [3.8, 4) is 0 Å². The molecule has 2 heteroatoms. The lowest BCUT2D eigenvalue weighted by molar-refractivity contribution is -0.144. The van der Waals surface area contributed by atoms with Crippen molar-refractivity contribution in [2.45, 2.75) is 25.7 Å². The van der Waals surface area contributed by atoms with Crippen LogP contribution in [0.2, 0.25) is 0 Å². The van der Waals surface area contributed by atoms with Crippen LogP contribution in [-0.2, 0) is 16.0 Å². The van der Waals surface area contributed by atoms with Crippen molar-refractivity contribution in [1.29, 1.82) is 0 Å². The Kier molecular flexibility index (Phi) is 5.27. The molecule has 24 heavy (non-hydrogen) atoms. The first kappa shape index (κ1) is 16.3. The van der Waals surface area contributed by atoms with Crippen LogP contribution in [0.1, 0.15) is 30.4 Å². The molecule has 122 valence electrons. The normalized spacial score (nSPS) is 12.0. The lowest BCUT2D eigenvalue weighted by atomic mass is 10.0. The summed E-state index contributed by atoms with van der Waals surface area (Å²) in [6.07, 6.45) is 1.13. The first-order valence-corrected chi connectivity index (χ1v) is 8.40. The van der Waals surface area contributed by atoms with Gasteiger partial charge in [0, 0.05) is 12.3 Å². The quantitative estimate of drug-likeness (QED) is 0.590. The highest BCUT2D eigenvalue weighted by molar-refractivity contribution is 5.83. The standard InChI is InChI=1S/C22H22O2/c1-17(19-7-3-2-4-8-19)16-24-22(23)14-12-18-11-13-20-9-5-6-10-21(20)15-18/h2-11,13,15,17H,12,14,16H2,1H3/t17-/m1/s1. The van der Waals surface area contributed by atoms with Gasteiger partial charge in [-0.05, 0) is 28.3 Å². The maximum Gasteiger partial charge on any atom is 0.306 e. The second-order valence-electron chi connectivity index (χ2n) is 6.18. The van der Waals surface area contributed by atoms with Gasteiger partial charge in [-0.2, -0.15) is 0 Å². The first-order chi connectivity index (χ1) is 11.7. The van der Waals surface area contributed by atoms with Crippen molar-refractivity contribution in [2.24, 2.45) is 0 Å². The third-order valence-corrected chi connectivity index (χ3v) is 4.29. The van der Waals surface area contributed by atoms with Crippen molar-refractivity contribution in [1.82, 2.24) is 0 Å². The number of carbonyl (C=O) groups is 1. The van der Waals surface area contributed by atoms with E-state index in [0.717, 1.165) is 0 Å². The fourth-order valence-electron chi connectivity index (χ4n) is 2.81. The van der Waals surface area contributed by atoms with Gasteiger partial charge in [-0.25, -0.2) is 0 Å². The van der Waals surface area contributed by atoms with Crippen LogP contribution in [0.25, 0.3) is 10.8 Å². The van der Waals surface area contributed by atoms with Gasteiger partial charge < -0.3 is 4.74 Å². The van der Waals surface area contributed by atoms with Crippen LogP contribution in [-0.4, -0.2) is 12.6 Å². The van der Waals surface area contributed by atoms with E-state index >= 15 is 0 Å². The molecule has 0 aliphatic rings. The zero-order chi connectivity index (χ0) is 16.8. The van der Waals surface area contributed by atoms with Crippen LogP contribution >= 0.6 is 0 Å². The minimum absolute atomic E-state index is 0.133. The largest absolute Gasteiger partial charge is 0.465 e. The van der Waals surface area contributed by atoms with E-state index < -0.39 is 0 Å². The van der Waals surface area contributed by atoms with Gasteiger partial charge in [-0.15, -0.1) is 0 Å². The Morgan fingerprint density at radius 2 is 1.62 bits per heavy atom. The second kappa shape index (κ2) is 7.78. The maximum absolute atomic E-state index is 12.0. The Balaban J connectivity index is 1.49. The predicted molar refractivity (Wildman–Crippen MR) is 98.1 cm³/mol. The average Bonchev–Trinajstić information content (AvgIpc) is 2.65. The SMILES string of the molecule is C[C@H](COC(=O)CCc1ccc2ccccc2c1)c1ccccc1. The van der Waals surface area contributed by atoms with Gasteiger partial charge in [0.15, 0.2) is 0 Å². The van der Waals surface area contributed by atoms with E-state index in [1.807, 2.05) is 30.3 Å². The van der Waals surface area contributed by atoms with Crippen LogP contribution in [0.4, 0.5) is 0 Å². The lowest BCUT2D eigenvalue weighted by Crippen LogP contribution is -2.11. The minimum atomic E-state index is -0.133. The predicted octanol–water partition coefficient (Wildman–Crippen LogP) is 5.12. The number of rotatable bonds is 6. The molecule has 3 aromatic rings. The summed E-state index contributed by atoms with van der Waals surface area (Å²) in [7, 11) is 0. The average molecular weight is 318 g/mol. The number of benzene rings is 3. The molecule has 3 rings (SSSR count). The van der Waals surface area contributed by atoms with Gasteiger partial charge in [-0.1, -0.05) is 79.7 Å². The number of fused-ring (bicyclic) bond motifs is 1. The van der Waals surface area contributed by atoms with Crippen molar-refractivity contribution >= 4 is 16.7 Å². The van der Waals surface area contributed by atoms with Crippen LogP contribution in [0.3, 0.4) is 0 Å². The Morgan fingerprint density at radius 1 is 0.917 bits per heavy atom. The fourth-order valence-corrected chi connectivity index (χ4v) is 2.81. The number of hydrogen-bond acceptors (Lipinski definition) is 2. The highest BCUT2D eigenvalue weighted by Crippen LogP contribution is 2.18. The molecule has 0 saturated carbocycles. The molecule has 0 aliphatic heterocycles. The van der Waals surface area contributed by atoms with E-state index in [2.05, 4.69) is 49.4 Å². The Morgan fingerprint density at radius 3 is 2.42 bits per heavy atom. The van der Waals surface area contributed by atoms with Gasteiger partial charge in [0.25, 0.3) is 0 Å². The van der Waals surface area contributed by atoms with Crippen LogP contribution in [0.5, 0.6) is 0 Å². The molecule has 0 spiro atoms. The monoisotopic (exact) mass is 318 g/mol. The summed E-state index contributed by atoms with van der Waals surface area (Å²) in [5.41, 5.74) is 2.36. The minimum Gasteiger partial charge on any atom is -0.465 e. The van der Waals surface area contributed by atoms with Crippen molar-refractivity contribution in [2.75, 3.05) is 6.61 Å². The van der Waals surface area contributed by atoms with Crippen molar-refractivity contribution in [3.05, 3.63) is 83.9 Å². The molecule has 0 radical (unpaired) electrons. The fraction of sp³-hybridized carbons (Fsp3) is 0.227. The highest BCUT2D eigenvalue weighted by atomic mass is 16.5. The molecule has 0 saturated heterocycles. The van der Waals surface area contributed by atoms with E-state index in [1.165, 1.54) is 21.9 Å². The summed E-state index contributed by atoms with van der Waals surface area (Å²) >= 11 is 0. The van der Waals surface area contributed by atoms with Gasteiger partial charge in [0.2, 0.25) is 0 Å². The molecule has 0 aromatic heterocycles. The summed E-state index contributed by atoms with van der Waals surface area (Å²) in [5, 5.41) is 2.43. The number of esters is 1. The summed E-state index contributed by atoms with van der Waals surface area (Å²) in [5.74, 6) is 0.0850. The second-order valence-corrected chi connectivity index (χ2v) is 6.18. The molecule has 0 amide bonds. The Bertz CT molecular complexity index is 808. The van der Waals surface area contributed by atoms with Gasteiger partial charge >= 0.3 is 5.97 Å². The Hall–Kier alpha value is -2.61. The number of aryl methyl sites for hydroxylation is 1. The van der Waals surface area contributed by atoms with Gasteiger partial charge in [0.1, 0.15) is 0 Å². The molecular formula is C22H22O2. The van der Waals surface area contributed by atoms with E-state index in [0.29, 0.717) is 19.4 Å². The molecule has 0 N–H and O–H groups in total. The number of ether oxygens (including phenoxy) is 1. The van der Waals surface area contributed by atoms with E-state index in [9.17, 15) is 4.79 Å². The molecule has 0 bridgehead atoms. The number of carbonyl (C=O) groups excluding carboxylic acids is 1. The topological polar surface area (TPSA) is 26.3 Å². The molecule has 0 fully saturated rings. The zero-order valence-corrected chi connectivity index (χ0v) is 13.9. The van der Waals surface area contributed by atoms with Gasteiger partial charge in [-0.3, -0.25) is 4.79 Å². The summed E-state index contributed by atoms with van der Waals surface area (Å²) in [6.45, 7) is 2.51. The maximum atomic E-state index is 12.0.